The summed E-state index contributed by atoms with van der Waals surface area (Å²) < 4.78 is 18.6. The minimum Gasteiger partial charge on any atom is -0.465 e. The number of ether oxygens (including phenoxy) is 1. The second kappa shape index (κ2) is 5.16. The van der Waals surface area contributed by atoms with Gasteiger partial charge in [0, 0.05) is 10.0 Å². The summed E-state index contributed by atoms with van der Waals surface area (Å²) in [6.07, 6.45) is 0. The number of hydrogen-bond donors (Lipinski definition) is 0. The van der Waals surface area contributed by atoms with E-state index in [0.29, 0.717) is 21.1 Å². The van der Waals surface area contributed by atoms with Crippen LogP contribution in [0.15, 0.2) is 22.7 Å². The first-order valence-corrected chi connectivity index (χ1v) is 6.65. The molecule has 0 saturated heterocycles. The van der Waals surface area contributed by atoms with Crippen molar-refractivity contribution in [1.29, 1.82) is 0 Å². The molecule has 1 heterocycles. The number of aryl methyl sites for hydroxylation is 1. The molecule has 1 aromatic heterocycles. The van der Waals surface area contributed by atoms with E-state index in [0.717, 1.165) is 4.47 Å². The monoisotopic (exact) mass is 329 g/mol. The molecule has 94 valence electrons. The summed E-state index contributed by atoms with van der Waals surface area (Å²) in [5.74, 6) is -0.774. The van der Waals surface area contributed by atoms with Crippen LogP contribution in [0.1, 0.15) is 15.4 Å². The Balaban J connectivity index is 2.52. The number of benzene rings is 1. The van der Waals surface area contributed by atoms with Gasteiger partial charge in [-0.3, -0.25) is 0 Å². The van der Waals surface area contributed by atoms with Gasteiger partial charge in [0.05, 0.1) is 12.8 Å². The molecule has 3 nitrogen and oxygen atoms in total. The maximum atomic E-state index is 13.2. The van der Waals surface area contributed by atoms with E-state index in [1.807, 2.05) is 0 Å². The van der Waals surface area contributed by atoms with Crippen LogP contribution in [0.5, 0.6) is 0 Å². The van der Waals surface area contributed by atoms with Crippen molar-refractivity contribution in [2.24, 2.45) is 0 Å². The van der Waals surface area contributed by atoms with Gasteiger partial charge in [-0.05, 0) is 25.1 Å². The molecule has 0 amide bonds. The molecule has 0 spiro atoms. The molecule has 0 saturated carbocycles. The second-order valence-corrected chi connectivity index (χ2v) is 5.40. The van der Waals surface area contributed by atoms with E-state index < -0.39 is 5.97 Å². The standard InChI is InChI=1S/C12H9BrFNO2S/c1-6-10(12(16)17-2)18-11(15-6)8-5-7(14)3-4-9(8)13/h3-5H,1-2H3. The molecule has 0 aliphatic carbocycles. The average molecular weight is 330 g/mol. The third-order valence-corrected chi connectivity index (χ3v) is 4.19. The van der Waals surface area contributed by atoms with Crippen LogP contribution in [-0.4, -0.2) is 18.1 Å². The molecule has 18 heavy (non-hydrogen) atoms. The van der Waals surface area contributed by atoms with Gasteiger partial charge < -0.3 is 4.74 Å². The van der Waals surface area contributed by atoms with Crippen LogP contribution in [0.2, 0.25) is 0 Å². The Kier molecular flexibility index (Phi) is 3.77. The van der Waals surface area contributed by atoms with Crippen LogP contribution in [0.25, 0.3) is 10.6 Å². The van der Waals surface area contributed by atoms with Gasteiger partial charge in [-0.15, -0.1) is 11.3 Å². The summed E-state index contributed by atoms with van der Waals surface area (Å²) in [4.78, 5) is 16.2. The van der Waals surface area contributed by atoms with Crippen LogP contribution in [0, 0.1) is 12.7 Å². The lowest BCUT2D eigenvalue weighted by molar-refractivity contribution is 0.0605. The van der Waals surface area contributed by atoms with Gasteiger partial charge in [-0.1, -0.05) is 15.9 Å². The lowest BCUT2D eigenvalue weighted by Crippen LogP contribution is -1.99. The number of thiazole rings is 1. The Labute approximate surface area is 116 Å². The largest absolute Gasteiger partial charge is 0.465 e. The van der Waals surface area contributed by atoms with E-state index in [1.54, 1.807) is 13.0 Å². The van der Waals surface area contributed by atoms with Gasteiger partial charge in [-0.2, -0.15) is 0 Å². The molecule has 0 aliphatic heterocycles. The number of halogens is 2. The zero-order valence-corrected chi connectivity index (χ0v) is 12.1. The number of nitrogens with zero attached hydrogens (tertiary/aromatic N) is 1. The fourth-order valence-corrected chi connectivity index (χ4v) is 3.04. The smallest absolute Gasteiger partial charge is 0.349 e. The Bertz CT molecular complexity index is 612. The van der Waals surface area contributed by atoms with Crippen molar-refractivity contribution in [2.45, 2.75) is 6.92 Å². The second-order valence-electron chi connectivity index (χ2n) is 3.55. The van der Waals surface area contributed by atoms with E-state index in [9.17, 15) is 9.18 Å². The highest BCUT2D eigenvalue weighted by molar-refractivity contribution is 9.10. The Morgan fingerprint density at radius 3 is 2.89 bits per heavy atom. The maximum Gasteiger partial charge on any atom is 0.349 e. The molecule has 0 N–H and O–H groups in total. The highest BCUT2D eigenvalue weighted by Crippen LogP contribution is 2.33. The van der Waals surface area contributed by atoms with Gasteiger partial charge in [0.1, 0.15) is 15.7 Å². The molecule has 0 radical (unpaired) electrons. The summed E-state index contributed by atoms with van der Waals surface area (Å²) in [6.45, 7) is 1.72. The first kappa shape index (κ1) is 13.2. The third kappa shape index (κ3) is 2.44. The molecule has 0 aliphatic rings. The van der Waals surface area contributed by atoms with E-state index in [2.05, 4.69) is 25.7 Å². The molecule has 0 bridgehead atoms. The molecule has 6 heteroatoms. The maximum absolute atomic E-state index is 13.2. The van der Waals surface area contributed by atoms with E-state index in [-0.39, 0.29) is 5.82 Å². The molecule has 2 rings (SSSR count). The van der Waals surface area contributed by atoms with Crippen LogP contribution in [-0.2, 0) is 4.74 Å². The number of esters is 1. The highest BCUT2D eigenvalue weighted by Gasteiger charge is 2.18. The van der Waals surface area contributed by atoms with E-state index in [1.165, 1.54) is 30.6 Å². The van der Waals surface area contributed by atoms with Crippen molar-refractivity contribution in [1.82, 2.24) is 4.98 Å². The SMILES string of the molecule is COC(=O)c1sc(-c2cc(F)ccc2Br)nc1C. The van der Waals surface area contributed by atoms with Gasteiger partial charge in [0.2, 0.25) is 0 Å². The van der Waals surface area contributed by atoms with Gasteiger partial charge >= 0.3 is 5.97 Å². The average Bonchev–Trinajstić information content (AvgIpc) is 2.73. The van der Waals surface area contributed by atoms with Crippen molar-refractivity contribution in [3.8, 4) is 10.6 Å². The topological polar surface area (TPSA) is 39.2 Å². The van der Waals surface area contributed by atoms with Gasteiger partial charge in [0.15, 0.2) is 0 Å². The number of rotatable bonds is 2. The number of hydrogen-bond acceptors (Lipinski definition) is 4. The van der Waals surface area contributed by atoms with Gasteiger partial charge in [0.25, 0.3) is 0 Å². The van der Waals surface area contributed by atoms with E-state index in [4.69, 9.17) is 0 Å². The minimum atomic E-state index is -0.427. The van der Waals surface area contributed by atoms with Crippen molar-refractivity contribution in [2.75, 3.05) is 7.11 Å². The summed E-state index contributed by atoms with van der Waals surface area (Å²) in [5.41, 5.74) is 1.20. The molecular weight excluding hydrogens is 321 g/mol. The molecule has 1 aromatic carbocycles. The molecule has 0 atom stereocenters. The van der Waals surface area contributed by atoms with Crippen molar-refractivity contribution in [3.05, 3.63) is 39.1 Å². The summed E-state index contributed by atoms with van der Waals surface area (Å²) in [5, 5.41) is 0.583. The number of methoxy groups -OCH3 is 1. The summed E-state index contributed by atoms with van der Waals surface area (Å²) >= 11 is 4.52. The summed E-state index contributed by atoms with van der Waals surface area (Å²) in [6, 6.07) is 4.35. The molecule has 2 aromatic rings. The Hall–Kier alpha value is -1.27. The van der Waals surface area contributed by atoms with Crippen LogP contribution in [0.3, 0.4) is 0 Å². The first-order valence-electron chi connectivity index (χ1n) is 5.04. The fraction of sp³-hybridized carbons (Fsp3) is 0.167. The lowest BCUT2D eigenvalue weighted by Gasteiger charge is -1.99. The van der Waals surface area contributed by atoms with Gasteiger partial charge in [-0.25, -0.2) is 14.2 Å². The van der Waals surface area contributed by atoms with E-state index >= 15 is 0 Å². The Morgan fingerprint density at radius 1 is 1.50 bits per heavy atom. The Morgan fingerprint density at radius 2 is 2.22 bits per heavy atom. The molecule has 0 fully saturated rings. The normalized spacial score (nSPS) is 10.4. The number of carbonyl (C=O) groups excluding carboxylic acids is 1. The van der Waals surface area contributed by atoms with Crippen LogP contribution >= 0.6 is 27.3 Å². The predicted octanol–water partition coefficient (Wildman–Crippen LogP) is 3.81. The minimum absolute atomic E-state index is 0.347. The summed E-state index contributed by atoms with van der Waals surface area (Å²) in [7, 11) is 1.32. The molecule has 0 unspecified atom stereocenters. The fourth-order valence-electron chi connectivity index (χ4n) is 1.46. The van der Waals surface area contributed by atoms with Crippen molar-refractivity contribution >= 4 is 33.2 Å². The number of aromatic nitrogens is 1. The third-order valence-electron chi connectivity index (χ3n) is 2.33. The van der Waals surface area contributed by atoms with Crippen LogP contribution in [0.4, 0.5) is 4.39 Å². The van der Waals surface area contributed by atoms with Crippen molar-refractivity contribution in [3.63, 3.8) is 0 Å². The lowest BCUT2D eigenvalue weighted by atomic mass is 10.2. The first-order chi connectivity index (χ1) is 8.52. The zero-order valence-electron chi connectivity index (χ0n) is 9.66. The molecular formula is C12H9BrFNO2S. The quantitative estimate of drug-likeness (QED) is 0.786. The highest BCUT2D eigenvalue weighted by atomic mass is 79.9. The predicted molar refractivity (Wildman–Crippen MR) is 71.3 cm³/mol. The zero-order chi connectivity index (χ0) is 13.3. The number of carbonyl (C=O) groups is 1. The van der Waals surface area contributed by atoms with Crippen molar-refractivity contribution < 1.29 is 13.9 Å². The van der Waals surface area contributed by atoms with Crippen LogP contribution < -0.4 is 0 Å².